The molecule has 1 aromatic carbocycles. The van der Waals surface area contributed by atoms with Gasteiger partial charge in [-0.3, -0.25) is 0 Å². The lowest BCUT2D eigenvalue weighted by Gasteiger charge is -2.24. The second-order valence-electron chi connectivity index (χ2n) is 5.02. The molecule has 0 saturated heterocycles. The quantitative estimate of drug-likeness (QED) is 0.752. The van der Waals surface area contributed by atoms with Crippen molar-refractivity contribution < 1.29 is 19.8 Å². The summed E-state index contributed by atoms with van der Waals surface area (Å²) >= 11 is 0. The van der Waals surface area contributed by atoms with E-state index >= 15 is 0 Å². The number of carboxylic acid groups (broad SMARTS) is 1. The molecule has 1 unspecified atom stereocenters. The van der Waals surface area contributed by atoms with Gasteiger partial charge in [0.1, 0.15) is 11.3 Å². The topological polar surface area (TPSA) is 89.9 Å². The van der Waals surface area contributed by atoms with E-state index in [-0.39, 0.29) is 17.3 Å². The molecule has 1 rings (SSSR count). The fourth-order valence-electron chi connectivity index (χ4n) is 1.85. The maximum atomic E-state index is 12.1. The predicted octanol–water partition coefficient (Wildman–Crippen LogP) is 2.99. The standard InChI is InChI=1S/C15H22N2O4/c1-4-10(3)9-17(5-2)15(21)16-11-6-7-12(14(19)20)13(18)8-11/h6-8,10,18H,4-5,9H2,1-3H3,(H,16,21)(H,19,20). The summed E-state index contributed by atoms with van der Waals surface area (Å²) in [4.78, 5) is 24.6. The molecule has 0 radical (unpaired) electrons. The largest absolute Gasteiger partial charge is 0.507 e. The van der Waals surface area contributed by atoms with Gasteiger partial charge in [0, 0.05) is 24.8 Å². The van der Waals surface area contributed by atoms with E-state index in [0.29, 0.717) is 24.7 Å². The van der Waals surface area contributed by atoms with Crippen molar-refractivity contribution in [3.05, 3.63) is 23.8 Å². The number of hydrogen-bond donors (Lipinski definition) is 3. The van der Waals surface area contributed by atoms with E-state index in [1.54, 1.807) is 4.90 Å². The Kier molecular flexibility index (Phi) is 6.02. The number of anilines is 1. The summed E-state index contributed by atoms with van der Waals surface area (Å²) in [6, 6.07) is 3.69. The van der Waals surface area contributed by atoms with Crippen molar-refractivity contribution in [1.82, 2.24) is 4.90 Å². The summed E-state index contributed by atoms with van der Waals surface area (Å²) in [7, 11) is 0. The summed E-state index contributed by atoms with van der Waals surface area (Å²) in [5.74, 6) is -1.18. The average molecular weight is 294 g/mol. The number of nitrogens with zero attached hydrogens (tertiary/aromatic N) is 1. The highest BCUT2D eigenvalue weighted by Gasteiger charge is 2.16. The van der Waals surface area contributed by atoms with Gasteiger partial charge < -0.3 is 20.4 Å². The smallest absolute Gasteiger partial charge is 0.339 e. The molecule has 116 valence electrons. The van der Waals surface area contributed by atoms with E-state index < -0.39 is 5.97 Å². The van der Waals surface area contributed by atoms with E-state index in [1.165, 1.54) is 18.2 Å². The number of carboxylic acids is 1. The second-order valence-corrected chi connectivity index (χ2v) is 5.02. The van der Waals surface area contributed by atoms with Crippen LogP contribution in [0.2, 0.25) is 0 Å². The van der Waals surface area contributed by atoms with Gasteiger partial charge in [-0.1, -0.05) is 20.3 Å². The molecule has 1 aromatic rings. The molecule has 1 atom stereocenters. The van der Waals surface area contributed by atoms with E-state index in [4.69, 9.17) is 5.11 Å². The van der Waals surface area contributed by atoms with Crippen molar-refractivity contribution in [1.29, 1.82) is 0 Å². The molecule has 0 heterocycles. The summed E-state index contributed by atoms with van der Waals surface area (Å²) in [6.45, 7) is 7.27. The first-order valence-corrected chi connectivity index (χ1v) is 7.01. The van der Waals surface area contributed by atoms with Crippen molar-refractivity contribution in [3.8, 4) is 5.75 Å². The van der Waals surface area contributed by atoms with Crippen LogP contribution < -0.4 is 5.32 Å². The molecule has 2 amide bonds. The molecular formula is C15H22N2O4. The number of urea groups is 1. The number of rotatable bonds is 6. The Morgan fingerprint density at radius 1 is 1.33 bits per heavy atom. The molecule has 6 nitrogen and oxygen atoms in total. The van der Waals surface area contributed by atoms with E-state index in [0.717, 1.165) is 6.42 Å². The third kappa shape index (κ3) is 4.66. The van der Waals surface area contributed by atoms with E-state index in [9.17, 15) is 14.7 Å². The number of benzene rings is 1. The van der Waals surface area contributed by atoms with Crippen LogP contribution in [0.25, 0.3) is 0 Å². The van der Waals surface area contributed by atoms with Gasteiger partial charge in [0.05, 0.1) is 0 Å². The number of aromatic hydroxyl groups is 1. The Bertz CT molecular complexity index is 516. The lowest BCUT2D eigenvalue weighted by molar-refractivity contribution is 0.0694. The first-order valence-electron chi connectivity index (χ1n) is 7.01. The van der Waals surface area contributed by atoms with E-state index in [1.807, 2.05) is 6.92 Å². The third-order valence-corrected chi connectivity index (χ3v) is 3.38. The molecule has 0 aromatic heterocycles. The molecule has 0 aliphatic heterocycles. The van der Waals surface area contributed by atoms with Gasteiger partial charge >= 0.3 is 12.0 Å². The van der Waals surface area contributed by atoms with Gasteiger partial charge in [-0.2, -0.15) is 0 Å². The average Bonchev–Trinajstić information content (AvgIpc) is 2.43. The minimum Gasteiger partial charge on any atom is -0.507 e. The van der Waals surface area contributed by atoms with Crippen LogP contribution in [0, 0.1) is 5.92 Å². The first-order chi connectivity index (χ1) is 9.88. The fraction of sp³-hybridized carbons (Fsp3) is 0.467. The number of carbonyl (C=O) groups excluding carboxylic acids is 1. The van der Waals surface area contributed by atoms with Crippen LogP contribution in [0.15, 0.2) is 18.2 Å². The zero-order chi connectivity index (χ0) is 16.0. The van der Waals surface area contributed by atoms with Gasteiger partial charge in [-0.05, 0) is 25.0 Å². The highest BCUT2D eigenvalue weighted by atomic mass is 16.4. The molecule has 21 heavy (non-hydrogen) atoms. The Morgan fingerprint density at radius 3 is 2.48 bits per heavy atom. The van der Waals surface area contributed by atoms with Crippen LogP contribution in [0.3, 0.4) is 0 Å². The fourth-order valence-corrected chi connectivity index (χ4v) is 1.85. The third-order valence-electron chi connectivity index (χ3n) is 3.38. The SMILES string of the molecule is CCC(C)CN(CC)C(=O)Nc1ccc(C(=O)O)c(O)c1. The van der Waals surface area contributed by atoms with Crippen LogP contribution in [0.5, 0.6) is 5.75 Å². The van der Waals surface area contributed by atoms with Crippen molar-refractivity contribution in [2.75, 3.05) is 18.4 Å². The van der Waals surface area contributed by atoms with Crippen LogP contribution in [-0.2, 0) is 0 Å². The molecule has 3 N–H and O–H groups in total. The highest BCUT2D eigenvalue weighted by molar-refractivity contribution is 5.93. The van der Waals surface area contributed by atoms with Gasteiger partial charge in [0.2, 0.25) is 0 Å². The Labute approximate surface area is 124 Å². The number of amides is 2. The lowest BCUT2D eigenvalue weighted by atomic mass is 10.1. The predicted molar refractivity (Wildman–Crippen MR) is 80.8 cm³/mol. The van der Waals surface area contributed by atoms with Crippen LogP contribution >= 0.6 is 0 Å². The summed E-state index contributed by atoms with van der Waals surface area (Å²) in [5, 5.41) is 21.1. The number of aromatic carboxylic acids is 1. The Hall–Kier alpha value is -2.24. The lowest BCUT2D eigenvalue weighted by Crippen LogP contribution is -2.37. The summed E-state index contributed by atoms with van der Waals surface area (Å²) in [6.07, 6.45) is 0.984. The monoisotopic (exact) mass is 294 g/mol. The van der Waals surface area contributed by atoms with Crippen molar-refractivity contribution in [2.45, 2.75) is 27.2 Å². The zero-order valence-electron chi connectivity index (χ0n) is 12.6. The zero-order valence-corrected chi connectivity index (χ0v) is 12.6. The van der Waals surface area contributed by atoms with Crippen LogP contribution in [-0.4, -0.2) is 40.2 Å². The number of hydrogen-bond acceptors (Lipinski definition) is 3. The van der Waals surface area contributed by atoms with Crippen LogP contribution in [0.4, 0.5) is 10.5 Å². The molecule has 0 aliphatic carbocycles. The van der Waals surface area contributed by atoms with Crippen LogP contribution in [0.1, 0.15) is 37.6 Å². The molecular weight excluding hydrogens is 272 g/mol. The molecule has 6 heteroatoms. The number of phenols is 1. The van der Waals surface area contributed by atoms with Gasteiger partial charge in [-0.15, -0.1) is 0 Å². The Balaban J connectivity index is 2.77. The molecule has 0 saturated carbocycles. The molecule has 0 spiro atoms. The molecule has 0 aliphatic rings. The molecule has 0 bridgehead atoms. The Morgan fingerprint density at radius 2 is 2.00 bits per heavy atom. The van der Waals surface area contributed by atoms with Crippen molar-refractivity contribution >= 4 is 17.7 Å². The minimum absolute atomic E-state index is 0.194. The normalized spacial score (nSPS) is 11.8. The summed E-state index contributed by atoms with van der Waals surface area (Å²) < 4.78 is 0. The van der Waals surface area contributed by atoms with Crippen molar-refractivity contribution in [2.24, 2.45) is 5.92 Å². The molecule has 0 fully saturated rings. The van der Waals surface area contributed by atoms with Gasteiger partial charge in [0.15, 0.2) is 0 Å². The van der Waals surface area contributed by atoms with Gasteiger partial charge in [0.25, 0.3) is 0 Å². The van der Waals surface area contributed by atoms with E-state index in [2.05, 4.69) is 19.2 Å². The minimum atomic E-state index is -1.21. The highest BCUT2D eigenvalue weighted by Crippen LogP contribution is 2.22. The summed E-state index contributed by atoms with van der Waals surface area (Å²) in [5.41, 5.74) is 0.171. The maximum Gasteiger partial charge on any atom is 0.339 e. The maximum absolute atomic E-state index is 12.1. The van der Waals surface area contributed by atoms with Crippen molar-refractivity contribution in [3.63, 3.8) is 0 Å². The number of carbonyl (C=O) groups is 2. The number of nitrogens with one attached hydrogen (secondary N) is 1. The first kappa shape index (κ1) is 16.8. The second kappa shape index (κ2) is 7.52. The van der Waals surface area contributed by atoms with Gasteiger partial charge in [-0.25, -0.2) is 9.59 Å².